The van der Waals surface area contributed by atoms with Gasteiger partial charge in [0, 0.05) is 0 Å². The molecule has 102 valence electrons. The summed E-state index contributed by atoms with van der Waals surface area (Å²) in [5.74, 6) is 0. The second-order valence-electron chi connectivity index (χ2n) is 3.38. The highest BCUT2D eigenvalue weighted by molar-refractivity contribution is 8.04. The molecule has 0 aliphatic heterocycles. The first kappa shape index (κ1) is 14.9. The van der Waals surface area contributed by atoms with E-state index in [1.54, 1.807) is 0 Å². The summed E-state index contributed by atoms with van der Waals surface area (Å²) in [7, 11) is -8.41. The van der Waals surface area contributed by atoms with Gasteiger partial charge >= 0.3 is 6.18 Å². The van der Waals surface area contributed by atoms with E-state index in [4.69, 9.17) is 0 Å². The fourth-order valence-corrected chi connectivity index (χ4v) is 3.54. The van der Waals surface area contributed by atoms with E-state index in [0.717, 1.165) is 0 Å². The van der Waals surface area contributed by atoms with Crippen molar-refractivity contribution >= 4 is 20.0 Å². The molecule has 1 N–H and O–H groups in total. The van der Waals surface area contributed by atoms with Gasteiger partial charge < -0.3 is 0 Å². The molecule has 1 aromatic rings. The minimum absolute atomic E-state index is 0.552. The van der Waals surface area contributed by atoms with Crippen molar-refractivity contribution in [3.63, 3.8) is 0 Å². The van der Waals surface area contributed by atoms with E-state index in [0.29, 0.717) is 30.5 Å². The molecule has 18 heavy (non-hydrogen) atoms. The molecule has 10 heteroatoms. The van der Waals surface area contributed by atoms with Crippen molar-refractivity contribution in [3.05, 3.63) is 29.8 Å². The molecule has 0 aliphatic carbocycles. The molecule has 0 spiro atoms. The topological polar surface area (TPSA) is 80.3 Å². The van der Waals surface area contributed by atoms with Crippen LogP contribution in [-0.4, -0.2) is 23.1 Å². The summed E-state index contributed by atoms with van der Waals surface area (Å²) in [6.45, 7) is 0. The van der Waals surface area contributed by atoms with E-state index in [-0.39, 0.29) is 0 Å². The number of rotatable bonds is 3. The number of halogens is 3. The number of nitrogens with one attached hydrogen (secondary N) is 1. The van der Waals surface area contributed by atoms with Gasteiger partial charge in [-0.05, 0) is 24.3 Å². The van der Waals surface area contributed by atoms with Crippen LogP contribution in [0.5, 0.6) is 0 Å². The first-order chi connectivity index (χ1) is 7.92. The summed E-state index contributed by atoms with van der Waals surface area (Å²) in [6, 6.07) is 2.46. The predicted octanol–water partition coefficient (Wildman–Crippen LogP) is 0.943. The van der Waals surface area contributed by atoms with Crippen LogP contribution in [-0.2, 0) is 26.2 Å². The largest absolute Gasteiger partial charge is 0.416 e. The average molecular weight is 303 g/mol. The van der Waals surface area contributed by atoms with Gasteiger partial charge in [-0.15, -0.1) is 4.13 Å². The molecule has 0 aromatic heterocycles. The summed E-state index contributed by atoms with van der Waals surface area (Å²) in [4.78, 5) is -0.569. The Hall–Kier alpha value is -1.13. The van der Waals surface area contributed by atoms with Gasteiger partial charge in [-0.25, -0.2) is 16.8 Å². The van der Waals surface area contributed by atoms with Crippen molar-refractivity contribution in [2.24, 2.45) is 0 Å². The number of alkyl halides is 3. The Labute approximate surface area is 102 Å². The van der Waals surface area contributed by atoms with E-state index in [1.807, 2.05) is 0 Å². The van der Waals surface area contributed by atoms with Crippen molar-refractivity contribution in [2.45, 2.75) is 11.1 Å². The lowest BCUT2D eigenvalue weighted by molar-refractivity contribution is -0.137. The zero-order valence-corrected chi connectivity index (χ0v) is 10.5. The second kappa shape index (κ2) is 4.52. The minimum Gasteiger partial charge on any atom is -0.212 e. The second-order valence-corrected chi connectivity index (χ2v) is 7.07. The van der Waals surface area contributed by atoms with Crippen LogP contribution in [0.1, 0.15) is 5.56 Å². The molecular weight excluding hydrogens is 295 g/mol. The third-order valence-electron chi connectivity index (χ3n) is 1.75. The molecule has 0 unspecified atom stereocenters. The Morgan fingerprint density at radius 1 is 1.00 bits per heavy atom. The van der Waals surface area contributed by atoms with E-state index >= 15 is 0 Å². The van der Waals surface area contributed by atoms with Crippen LogP contribution in [0.25, 0.3) is 0 Å². The lowest BCUT2D eigenvalue weighted by atomic mass is 10.2. The third kappa shape index (κ3) is 3.96. The van der Waals surface area contributed by atoms with E-state index in [9.17, 15) is 30.0 Å². The molecular formula is C8H8F3NO4S2. The van der Waals surface area contributed by atoms with Crippen molar-refractivity contribution in [1.29, 1.82) is 0 Å². The molecule has 0 atom stereocenters. The molecule has 1 aromatic carbocycles. The standard InChI is InChI=1S/C8H8F3NO4S2/c1-17(13,14)12-18(15,16)7-4-2-6(3-5-7)8(9,10)11/h2-5,12H,1H3. The van der Waals surface area contributed by atoms with Gasteiger partial charge in [0.1, 0.15) is 0 Å². The zero-order chi connectivity index (χ0) is 14.2. The normalized spacial score (nSPS) is 13.6. The highest BCUT2D eigenvalue weighted by Crippen LogP contribution is 2.29. The average Bonchev–Trinajstić information content (AvgIpc) is 2.13. The maximum atomic E-state index is 12.2. The maximum Gasteiger partial charge on any atom is 0.416 e. The molecule has 0 saturated carbocycles. The van der Waals surface area contributed by atoms with Crippen LogP contribution < -0.4 is 4.13 Å². The molecule has 5 nitrogen and oxygen atoms in total. The van der Waals surface area contributed by atoms with E-state index < -0.39 is 36.7 Å². The first-order valence-electron chi connectivity index (χ1n) is 4.33. The zero-order valence-electron chi connectivity index (χ0n) is 8.89. The maximum absolute atomic E-state index is 12.2. The van der Waals surface area contributed by atoms with Gasteiger partial charge in [0.2, 0.25) is 10.0 Å². The van der Waals surface area contributed by atoms with Crippen LogP contribution in [0, 0.1) is 0 Å². The predicted molar refractivity (Wildman–Crippen MR) is 56.6 cm³/mol. The Morgan fingerprint density at radius 3 is 1.78 bits per heavy atom. The van der Waals surface area contributed by atoms with Crippen molar-refractivity contribution in [3.8, 4) is 0 Å². The monoisotopic (exact) mass is 303 g/mol. The number of hydrogen-bond acceptors (Lipinski definition) is 4. The SMILES string of the molecule is CS(=O)(=O)NS(=O)(=O)c1ccc(C(F)(F)F)cc1. The van der Waals surface area contributed by atoms with Gasteiger partial charge in [0.25, 0.3) is 10.0 Å². The molecule has 0 aliphatic rings. The Kier molecular flexibility index (Phi) is 3.75. The Bertz CT molecular complexity index is 632. The number of benzene rings is 1. The summed E-state index contributed by atoms with van der Waals surface area (Å²) in [5.41, 5.74) is -1.03. The molecule has 0 fully saturated rings. The highest BCUT2D eigenvalue weighted by atomic mass is 32.3. The summed E-state index contributed by atoms with van der Waals surface area (Å²) in [5, 5.41) is 0. The van der Waals surface area contributed by atoms with Gasteiger partial charge in [-0.2, -0.15) is 13.2 Å². The number of sulfonamides is 2. The van der Waals surface area contributed by atoms with Crippen molar-refractivity contribution in [1.82, 2.24) is 4.13 Å². The van der Waals surface area contributed by atoms with Gasteiger partial charge in [-0.1, -0.05) is 0 Å². The quantitative estimate of drug-likeness (QED) is 0.901. The summed E-state index contributed by atoms with van der Waals surface area (Å²) >= 11 is 0. The Morgan fingerprint density at radius 2 is 1.44 bits per heavy atom. The molecule has 0 saturated heterocycles. The molecule has 0 amide bonds. The fraction of sp³-hybridized carbons (Fsp3) is 0.250. The molecule has 1 rings (SSSR count). The third-order valence-corrected chi connectivity index (χ3v) is 4.73. The smallest absolute Gasteiger partial charge is 0.212 e. The fourth-order valence-electron chi connectivity index (χ4n) is 1.07. The molecule has 0 heterocycles. The lowest BCUT2D eigenvalue weighted by Crippen LogP contribution is -2.29. The number of hydrogen-bond donors (Lipinski definition) is 1. The van der Waals surface area contributed by atoms with Crippen molar-refractivity contribution in [2.75, 3.05) is 6.26 Å². The van der Waals surface area contributed by atoms with Crippen LogP contribution in [0.15, 0.2) is 29.2 Å². The van der Waals surface area contributed by atoms with Crippen LogP contribution in [0.2, 0.25) is 0 Å². The molecule has 0 radical (unpaired) electrons. The van der Waals surface area contributed by atoms with Gasteiger partial charge in [-0.3, -0.25) is 0 Å². The van der Waals surface area contributed by atoms with Crippen LogP contribution >= 0.6 is 0 Å². The minimum atomic E-state index is -4.59. The highest BCUT2D eigenvalue weighted by Gasteiger charge is 2.30. The van der Waals surface area contributed by atoms with Crippen molar-refractivity contribution < 1.29 is 30.0 Å². The summed E-state index contributed by atoms with van der Waals surface area (Å²) in [6.07, 6.45) is -3.97. The first-order valence-corrected chi connectivity index (χ1v) is 7.70. The van der Waals surface area contributed by atoms with Gasteiger partial charge in [0.15, 0.2) is 0 Å². The Balaban J connectivity index is 3.14. The summed E-state index contributed by atoms with van der Waals surface area (Å²) < 4.78 is 82.4. The van der Waals surface area contributed by atoms with Crippen LogP contribution in [0.3, 0.4) is 0 Å². The lowest BCUT2D eigenvalue weighted by Gasteiger charge is -2.08. The van der Waals surface area contributed by atoms with E-state index in [2.05, 4.69) is 0 Å². The van der Waals surface area contributed by atoms with Gasteiger partial charge in [0.05, 0.1) is 16.7 Å². The van der Waals surface area contributed by atoms with Crippen LogP contribution in [0.4, 0.5) is 13.2 Å². The van der Waals surface area contributed by atoms with E-state index in [1.165, 1.54) is 4.13 Å². The molecule has 0 bridgehead atoms.